The summed E-state index contributed by atoms with van der Waals surface area (Å²) in [5.74, 6) is 0. The van der Waals surface area contributed by atoms with Crippen LogP contribution in [0.2, 0.25) is 0 Å². The van der Waals surface area contributed by atoms with Crippen molar-refractivity contribution in [1.29, 1.82) is 0 Å². The monoisotopic (exact) mass is 173 g/mol. The van der Waals surface area contributed by atoms with E-state index in [2.05, 4.69) is 4.98 Å². The van der Waals surface area contributed by atoms with Crippen LogP contribution in [0.1, 0.15) is 0 Å². The first-order valence-electron chi connectivity index (χ1n) is 4.10. The Balaban J connectivity index is 2.59. The molecule has 0 unspecified atom stereocenters. The van der Waals surface area contributed by atoms with E-state index in [-0.39, 0.29) is 0 Å². The third-order valence-corrected chi connectivity index (χ3v) is 2.05. The fraction of sp³-hybridized carbons (Fsp3) is 0.100. The maximum atomic E-state index is 5.84. The maximum Gasteiger partial charge on any atom is 0.0948 e. The number of hydrogen-bond acceptors (Lipinski definition) is 2. The number of aryl methyl sites for hydroxylation is 1. The van der Waals surface area contributed by atoms with Crippen LogP contribution in [0.5, 0.6) is 0 Å². The molecular weight excluding hydrogens is 162 g/mol. The van der Waals surface area contributed by atoms with Gasteiger partial charge in [0.15, 0.2) is 0 Å². The SMILES string of the molecule is Cn1cncc1-c1ccccc1N. The Morgan fingerprint density at radius 1 is 1.31 bits per heavy atom. The van der Waals surface area contributed by atoms with Crippen LogP contribution < -0.4 is 5.73 Å². The number of rotatable bonds is 1. The summed E-state index contributed by atoms with van der Waals surface area (Å²) in [5, 5.41) is 0. The molecule has 3 nitrogen and oxygen atoms in total. The highest BCUT2D eigenvalue weighted by Gasteiger charge is 2.04. The van der Waals surface area contributed by atoms with Gasteiger partial charge >= 0.3 is 0 Å². The highest BCUT2D eigenvalue weighted by Crippen LogP contribution is 2.23. The van der Waals surface area contributed by atoms with Crippen LogP contribution in [0.25, 0.3) is 11.3 Å². The Labute approximate surface area is 76.8 Å². The zero-order chi connectivity index (χ0) is 9.26. The summed E-state index contributed by atoms with van der Waals surface area (Å²) >= 11 is 0. The lowest BCUT2D eigenvalue weighted by atomic mass is 10.1. The van der Waals surface area contributed by atoms with E-state index in [9.17, 15) is 0 Å². The zero-order valence-corrected chi connectivity index (χ0v) is 7.44. The van der Waals surface area contributed by atoms with Crippen molar-refractivity contribution < 1.29 is 0 Å². The van der Waals surface area contributed by atoms with E-state index >= 15 is 0 Å². The van der Waals surface area contributed by atoms with Crippen LogP contribution in [0.15, 0.2) is 36.8 Å². The van der Waals surface area contributed by atoms with Gasteiger partial charge in [0.25, 0.3) is 0 Å². The summed E-state index contributed by atoms with van der Waals surface area (Å²) in [5.41, 5.74) is 8.69. The van der Waals surface area contributed by atoms with Gasteiger partial charge in [0.05, 0.1) is 18.2 Å². The third kappa shape index (κ3) is 1.28. The van der Waals surface area contributed by atoms with E-state index < -0.39 is 0 Å². The Morgan fingerprint density at radius 2 is 2.08 bits per heavy atom. The van der Waals surface area contributed by atoms with Crippen molar-refractivity contribution in [2.45, 2.75) is 0 Å². The van der Waals surface area contributed by atoms with Crippen LogP contribution in [-0.2, 0) is 7.05 Å². The van der Waals surface area contributed by atoms with E-state index in [1.807, 2.05) is 42.1 Å². The second kappa shape index (κ2) is 2.94. The molecular formula is C10H11N3. The first-order chi connectivity index (χ1) is 6.29. The molecule has 1 aromatic heterocycles. The van der Waals surface area contributed by atoms with Crippen LogP contribution in [0, 0.1) is 0 Å². The highest BCUT2D eigenvalue weighted by molar-refractivity contribution is 5.73. The number of nitrogens with zero attached hydrogens (tertiary/aromatic N) is 2. The number of nitrogens with two attached hydrogens (primary N) is 1. The van der Waals surface area contributed by atoms with Crippen molar-refractivity contribution in [3.8, 4) is 11.3 Å². The topological polar surface area (TPSA) is 43.8 Å². The summed E-state index contributed by atoms with van der Waals surface area (Å²) in [7, 11) is 1.95. The number of aromatic nitrogens is 2. The molecule has 0 aliphatic heterocycles. The quantitative estimate of drug-likeness (QED) is 0.666. The molecule has 0 saturated carbocycles. The van der Waals surface area contributed by atoms with E-state index in [0.717, 1.165) is 16.9 Å². The largest absolute Gasteiger partial charge is 0.398 e. The van der Waals surface area contributed by atoms with Gasteiger partial charge in [-0.05, 0) is 6.07 Å². The third-order valence-electron chi connectivity index (χ3n) is 2.05. The van der Waals surface area contributed by atoms with Gasteiger partial charge in [-0.2, -0.15) is 0 Å². The minimum atomic E-state index is 0.783. The number of para-hydroxylation sites is 1. The molecule has 2 aromatic rings. The molecule has 0 atom stereocenters. The molecule has 0 radical (unpaired) electrons. The Kier molecular flexibility index (Phi) is 1.77. The average molecular weight is 173 g/mol. The molecule has 66 valence electrons. The van der Waals surface area contributed by atoms with Crippen molar-refractivity contribution in [3.63, 3.8) is 0 Å². The average Bonchev–Trinajstić information content (AvgIpc) is 2.52. The second-order valence-corrected chi connectivity index (χ2v) is 2.98. The molecule has 3 heteroatoms. The molecule has 0 spiro atoms. The molecule has 0 amide bonds. The summed E-state index contributed by atoms with van der Waals surface area (Å²) in [6.45, 7) is 0. The molecule has 0 aliphatic carbocycles. The number of hydrogen-bond donors (Lipinski definition) is 1. The smallest absolute Gasteiger partial charge is 0.0948 e. The Hall–Kier alpha value is -1.77. The minimum Gasteiger partial charge on any atom is -0.398 e. The number of nitrogen functional groups attached to an aromatic ring is 1. The van der Waals surface area contributed by atoms with E-state index in [4.69, 9.17) is 5.73 Å². The predicted molar refractivity (Wildman–Crippen MR) is 53.1 cm³/mol. The minimum absolute atomic E-state index is 0.783. The molecule has 2 N–H and O–H groups in total. The number of anilines is 1. The first kappa shape index (κ1) is 7.86. The van der Waals surface area contributed by atoms with Crippen molar-refractivity contribution in [1.82, 2.24) is 9.55 Å². The number of benzene rings is 1. The van der Waals surface area contributed by atoms with Gasteiger partial charge < -0.3 is 10.3 Å². The molecule has 1 heterocycles. The van der Waals surface area contributed by atoms with Crippen molar-refractivity contribution in [2.24, 2.45) is 7.05 Å². The van der Waals surface area contributed by atoms with Crippen LogP contribution in [0.4, 0.5) is 5.69 Å². The lowest BCUT2D eigenvalue weighted by Crippen LogP contribution is -1.93. The molecule has 0 saturated heterocycles. The van der Waals surface area contributed by atoms with Gasteiger partial charge in [0.2, 0.25) is 0 Å². The van der Waals surface area contributed by atoms with Gasteiger partial charge in [-0.15, -0.1) is 0 Å². The fourth-order valence-electron chi connectivity index (χ4n) is 1.35. The van der Waals surface area contributed by atoms with Crippen molar-refractivity contribution in [2.75, 3.05) is 5.73 Å². The summed E-state index contributed by atoms with van der Waals surface area (Å²) < 4.78 is 1.95. The van der Waals surface area contributed by atoms with Gasteiger partial charge in [-0.3, -0.25) is 0 Å². The second-order valence-electron chi connectivity index (χ2n) is 2.98. The van der Waals surface area contributed by atoms with E-state index in [1.165, 1.54) is 0 Å². The van der Waals surface area contributed by atoms with Crippen molar-refractivity contribution in [3.05, 3.63) is 36.8 Å². The van der Waals surface area contributed by atoms with Gasteiger partial charge in [-0.1, -0.05) is 18.2 Å². The summed E-state index contributed by atoms with van der Waals surface area (Å²) in [4.78, 5) is 4.05. The normalized spacial score (nSPS) is 10.2. The molecule has 1 aromatic carbocycles. The zero-order valence-electron chi connectivity index (χ0n) is 7.44. The Bertz CT molecular complexity index is 418. The lowest BCUT2D eigenvalue weighted by Gasteiger charge is -2.04. The fourth-order valence-corrected chi connectivity index (χ4v) is 1.35. The number of imidazole rings is 1. The first-order valence-corrected chi connectivity index (χ1v) is 4.10. The summed E-state index contributed by atoms with van der Waals surface area (Å²) in [6.07, 6.45) is 3.58. The Morgan fingerprint density at radius 3 is 2.69 bits per heavy atom. The van der Waals surface area contributed by atoms with E-state index in [1.54, 1.807) is 6.33 Å². The molecule has 2 rings (SSSR count). The van der Waals surface area contributed by atoms with Crippen LogP contribution in [0.3, 0.4) is 0 Å². The predicted octanol–water partition coefficient (Wildman–Crippen LogP) is 1.67. The molecule has 0 bridgehead atoms. The van der Waals surface area contributed by atoms with Gasteiger partial charge in [-0.25, -0.2) is 4.98 Å². The van der Waals surface area contributed by atoms with Crippen LogP contribution in [-0.4, -0.2) is 9.55 Å². The molecule has 13 heavy (non-hydrogen) atoms. The summed E-state index contributed by atoms with van der Waals surface area (Å²) in [6, 6.07) is 7.78. The lowest BCUT2D eigenvalue weighted by molar-refractivity contribution is 0.922. The van der Waals surface area contributed by atoms with Gasteiger partial charge in [0.1, 0.15) is 0 Å². The standard InChI is InChI=1S/C10H11N3/c1-13-7-12-6-10(13)8-4-2-3-5-9(8)11/h2-7H,11H2,1H3. The highest BCUT2D eigenvalue weighted by atomic mass is 15.0. The molecule has 0 aliphatic rings. The van der Waals surface area contributed by atoms with Crippen molar-refractivity contribution >= 4 is 5.69 Å². The van der Waals surface area contributed by atoms with Crippen LogP contribution >= 0.6 is 0 Å². The molecule has 0 fully saturated rings. The van der Waals surface area contributed by atoms with E-state index in [0.29, 0.717) is 0 Å². The van der Waals surface area contributed by atoms with Gasteiger partial charge in [0, 0.05) is 18.3 Å². The maximum absolute atomic E-state index is 5.84.